The standard InChI is InChI=1S/C19H24N4O/c1-22-13-15(12-20-22)14-23-9-7-19(8-10-23)11-17(18(24)21-19)16-5-3-2-4-6-16/h2-6,12-13,17H,7-11,14H2,1H3,(H,21,24). The molecule has 0 radical (unpaired) electrons. The number of piperidine rings is 1. The van der Waals surface area contributed by atoms with Crippen LogP contribution in [0.15, 0.2) is 42.7 Å². The Kier molecular flexibility index (Phi) is 3.88. The van der Waals surface area contributed by atoms with E-state index in [4.69, 9.17) is 0 Å². The maximum atomic E-state index is 12.5. The van der Waals surface area contributed by atoms with Gasteiger partial charge in [0.1, 0.15) is 0 Å². The zero-order valence-electron chi connectivity index (χ0n) is 14.1. The number of rotatable bonds is 3. The highest BCUT2D eigenvalue weighted by Gasteiger charge is 2.45. The summed E-state index contributed by atoms with van der Waals surface area (Å²) < 4.78 is 1.85. The van der Waals surface area contributed by atoms with Crippen molar-refractivity contribution in [2.75, 3.05) is 13.1 Å². The number of benzene rings is 1. The van der Waals surface area contributed by atoms with Crippen molar-refractivity contribution in [1.82, 2.24) is 20.0 Å². The zero-order valence-corrected chi connectivity index (χ0v) is 14.1. The van der Waals surface area contributed by atoms with E-state index in [1.54, 1.807) is 0 Å². The highest BCUT2D eigenvalue weighted by Crippen LogP contribution is 2.39. The van der Waals surface area contributed by atoms with Crippen molar-refractivity contribution in [3.63, 3.8) is 0 Å². The van der Waals surface area contributed by atoms with Gasteiger partial charge in [-0.2, -0.15) is 5.10 Å². The molecule has 1 amide bonds. The first-order valence-electron chi connectivity index (χ1n) is 8.70. The lowest BCUT2D eigenvalue weighted by atomic mass is 9.82. The highest BCUT2D eigenvalue weighted by atomic mass is 16.2. The molecular formula is C19H24N4O. The van der Waals surface area contributed by atoms with Crippen LogP contribution in [-0.2, 0) is 18.4 Å². The molecule has 1 N–H and O–H groups in total. The summed E-state index contributed by atoms with van der Waals surface area (Å²) in [6.07, 6.45) is 7.00. The minimum Gasteiger partial charge on any atom is -0.350 e. The number of nitrogens with zero attached hydrogens (tertiary/aromatic N) is 3. The van der Waals surface area contributed by atoms with Crippen molar-refractivity contribution in [1.29, 1.82) is 0 Å². The van der Waals surface area contributed by atoms with Crippen molar-refractivity contribution in [2.45, 2.75) is 37.3 Å². The average molecular weight is 324 g/mol. The van der Waals surface area contributed by atoms with Gasteiger partial charge in [-0.05, 0) is 24.8 Å². The minimum absolute atomic E-state index is 0.0103. The molecule has 1 aromatic heterocycles. The van der Waals surface area contributed by atoms with Gasteiger partial charge in [-0.1, -0.05) is 30.3 Å². The number of hydrogen-bond donors (Lipinski definition) is 1. The Balaban J connectivity index is 1.39. The van der Waals surface area contributed by atoms with Gasteiger partial charge in [0.05, 0.1) is 12.1 Å². The van der Waals surface area contributed by atoms with Crippen LogP contribution < -0.4 is 5.32 Å². The molecule has 5 heteroatoms. The minimum atomic E-state index is -0.0109. The number of carbonyl (C=O) groups is 1. The van der Waals surface area contributed by atoms with Crippen molar-refractivity contribution in [3.05, 3.63) is 53.9 Å². The molecular weight excluding hydrogens is 300 g/mol. The molecule has 2 aliphatic heterocycles. The number of likely N-dealkylation sites (tertiary alicyclic amines) is 1. The Morgan fingerprint density at radius 2 is 2.00 bits per heavy atom. The highest BCUT2D eigenvalue weighted by molar-refractivity contribution is 5.87. The van der Waals surface area contributed by atoms with E-state index >= 15 is 0 Å². The summed E-state index contributed by atoms with van der Waals surface area (Å²) in [4.78, 5) is 15.0. The van der Waals surface area contributed by atoms with Gasteiger partial charge >= 0.3 is 0 Å². The maximum Gasteiger partial charge on any atom is 0.228 e. The van der Waals surface area contributed by atoms with E-state index in [9.17, 15) is 4.79 Å². The van der Waals surface area contributed by atoms with Crippen LogP contribution in [0, 0.1) is 0 Å². The Morgan fingerprint density at radius 1 is 1.25 bits per heavy atom. The van der Waals surface area contributed by atoms with Gasteiger partial charge in [0, 0.05) is 44.0 Å². The van der Waals surface area contributed by atoms with E-state index in [0.717, 1.165) is 44.5 Å². The third-order valence-electron chi connectivity index (χ3n) is 5.48. The van der Waals surface area contributed by atoms with E-state index in [1.807, 2.05) is 36.1 Å². The monoisotopic (exact) mass is 324 g/mol. The predicted octanol–water partition coefficient (Wildman–Crippen LogP) is 2.06. The van der Waals surface area contributed by atoms with Gasteiger partial charge < -0.3 is 5.32 Å². The van der Waals surface area contributed by atoms with Crippen LogP contribution in [-0.4, -0.2) is 39.2 Å². The van der Waals surface area contributed by atoms with Crippen molar-refractivity contribution >= 4 is 5.91 Å². The van der Waals surface area contributed by atoms with Crippen LogP contribution in [0.5, 0.6) is 0 Å². The fraction of sp³-hybridized carbons (Fsp3) is 0.474. The molecule has 0 saturated carbocycles. The van der Waals surface area contributed by atoms with E-state index < -0.39 is 0 Å². The van der Waals surface area contributed by atoms with Gasteiger partial charge in [0.15, 0.2) is 0 Å². The number of amides is 1. The number of carbonyl (C=O) groups excluding carboxylic acids is 1. The molecule has 3 heterocycles. The zero-order chi connectivity index (χ0) is 16.6. The Morgan fingerprint density at radius 3 is 2.67 bits per heavy atom. The molecule has 2 aliphatic rings. The number of aryl methyl sites for hydroxylation is 1. The van der Waals surface area contributed by atoms with Gasteiger partial charge in [-0.15, -0.1) is 0 Å². The van der Waals surface area contributed by atoms with E-state index in [0.29, 0.717) is 0 Å². The van der Waals surface area contributed by atoms with Crippen molar-refractivity contribution in [2.24, 2.45) is 7.05 Å². The number of nitrogens with one attached hydrogen (secondary N) is 1. The molecule has 24 heavy (non-hydrogen) atoms. The molecule has 1 unspecified atom stereocenters. The van der Waals surface area contributed by atoms with Crippen LogP contribution in [0.3, 0.4) is 0 Å². The van der Waals surface area contributed by atoms with Crippen LogP contribution in [0.4, 0.5) is 0 Å². The number of aromatic nitrogens is 2. The lowest BCUT2D eigenvalue weighted by Crippen LogP contribution is -2.50. The van der Waals surface area contributed by atoms with Crippen molar-refractivity contribution < 1.29 is 4.79 Å². The molecule has 126 valence electrons. The summed E-state index contributed by atoms with van der Waals surface area (Å²) in [5, 5.41) is 7.56. The molecule has 1 atom stereocenters. The molecule has 5 nitrogen and oxygen atoms in total. The van der Waals surface area contributed by atoms with Gasteiger partial charge in [-0.3, -0.25) is 14.4 Å². The topological polar surface area (TPSA) is 50.2 Å². The van der Waals surface area contributed by atoms with Crippen LogP contribution in [0.1, 0.15) is 36.3 Å². The second kappa shape index (κ2) is 6.06. The Bertz CT molecular complexity index is 716. The summed E-state index contributed by atoms with van der Waals surface area (Å²) >= 11 is 0. The smallest absolute Gasteiger partial charge is 0.228 e. The third-order valence-corrected chi connectivity index (χ3v) is 5.48. The van der Waals surface area contributed by atoms with E-state index in [-0.39, 0.29) is 17.4 Å². The molecule has 2 saturated heterocycles. The van der Waals surface area contributed by atoms with Gasteiger partial charge in [-0.25, -0.2) is 0 Å². The summed E-state index contributed by atoms with van der Waals surface area (Å²) in [5.41, 5.74) is 2.39. The van der Waals surface area contributed by atoms with Gasteiger partial charge in [0.2, 0.25) is 5.91 Å². The molecule has 0 bridgehead atoms. The summed E-state index contributed by atoms with van der Waals surface area (Å²) in [6.45, 7) is 2.99. The van der Waals surface area contributed by atoms with E-state index in [1.165, 1.54) is 5.56 Å². The normalized spacial score (nSPS) is 23.5. The summed E-state index contributed by atoms with van der Waals surface area (Å²) in [7, 11) is 1.95. The second-order valence-corrected chi connectivity index (χ2v) is 7.24. The SMILES string of the molecule is Cn1cc(CN2CCC3(CC2)CC(c2ccccc2)C(=O)N3)cn1. The third kappa shape index (κ3) is 2.96. The molecule has 1 spiro atoms. The average Bonchev–Trinajstić information content (AvgIpc) is 3.14. The van der Waals surface area contributed by atoms with Crippen molar-refractivity contribution in [3.8, 4) is 0 Å². The largest absolute Gasteiger partial charge is 0.350 e. The maximum absolute atomic E-state index is 12.5. The first-order chi connectivity index (χ1) is 11.6. The molecule has 1 aromatic carbocycles. The molecule has 2 aromatic rings. The molecule has 4 rings (SSSR count). The Labute approximate surface area is 142 Å². The van der Waals surface area contributed by atoms with Crippen LogP contribution in [0.2, 0.25) is 0 Å². The lowest BCUT2D eigenvalue weighted by molar-refractivity contribution is -0.121. The molecule has 2 fully saturated rings. The van der Waals surface area contributed by atoms with Gasteiger partial charge in [0.25, 0.3) is 0 Å². The quantitative estimate of drug-likeness (QED) is 0.940. The lowest BCUT2D eigenvalue weighted by Gasteiger charge is -2.39. The second-order valence-electron chi connectivity index (χ2n) is 7.24. The first kappa shape index (κ1) is 15.4. The molecule has 0 aliphatic carbocycles. The summed E-state index contributed by atoms with van der Waals surface area (Å²) in [5.74, 6) is 0.206. The number of hydrogen-bond acceptors (Lipinski definition) is 3. The first-order valence-corrected chi connectivity index (χ1v) is 8.70. The Hall–Kier alpha value is -2.14. The van der Waals surface area contributed by atoms with E-state index in [2.05, 4.69) is 33.6 Å². The van der Waals surface area contributed by atoms with Crippen LogP contribution >= 0.6 is 0 Å². The predicted molar refractivity (Wildman–Crippen MR) is 92.4 cm³/mol. The fourth-order valence-corrected chi connectivity index (χ4v) is 4.12. The summed E-state index contributed by atoms with van der Waals surface area (Å²) in [6, 6.07) is 10.2. The fourth-order valence-electron chi connectivity index (χ4n) is 4.12. The van der Waals surface area contributed by atoms with Crippen LogP contribution in [0.25, 0.3) is 0 Å².